The summed E-state index contributed by atoms with van der Waals surface area (Å²) in [6.45, 7) is 5.10. The zero-order valence-corrected chi connectivity index (χ0v) is 17.0. The third-order valence-electron chi connectivity index (χ3n) is 4.54. The molecule has 2 unspecified atom stereocenters. The summed E-state index contributed by atoms with van der Waals surface area (Å²) in [7, 11) is 0. The Morgan fingerprint density at radius 3 is 2.82 bits per heavy atom. The Morgan fingerprint density at radius 1 is 1.29 bits per heavy atom. The topological polar surface area (TPSA) is 76.7 Å². The van der Waals surface area contributed by atoms with Crippen LogP contribution in [-0.4, -0.2) is 37.2 Å². The van der Waals surface area contributed by atoms with E-state index in [9.17, 15) is 9.59 Å². The first-order valence-electron chi connectivity index (χ1n) is 9.52. The zero-order chi connectivity index (χ0) is 19.9. The van der Waals surface area contributed by atoms with Crippen LogP contribution in [0.25, 0.3) is 0 Å². The van der Waals surface area contributed by atoms with Gasteiger partial charge in [0.25, 0.3) is 5.91 Å². The summed E-state index contributed by atoms with van der Waals surface area (Å²) in [5.41, 5.74) is 0.630. The Labute approximate surface area is 169 Å². The van der Waals surface area contributed by atoms with Crippen molar-refractivity contribution in [3.8, 4) is 5.75 Å². The molecule has 0 radical (unpaired) electrons. The van der Waals surface area contributed by atoms with Crippen molar-refractivity contribution in [2.75, 3.05) is 18.5 Å². The van der Waals surface area contributed by atoms with Crippen molar-refractivity contribution in [2.24, 2.45) is 5.92 Å². The number of anilines is 1. The lowest BCUT2D eigenvalue weighted by Crippen LogP contribution is -2.46. The highest BCUT2D eigenvalue weighted by molar-refractivity contribution is 7.12. The molecule has 7 heteroatoms. The largest absolute Gasteiger partial charge is 0.491 e. The third-order valence-corrected chi connectivity index (χ3v) is 5.41. The molecule has 2 amide bonds. The van der Waals surface area contributed by atoms with Gasteiger partial charge in [-0.15, -0.1) is 11.3 Å². The molecule has 0 spiro atoms. The average molecular weight is 403 g/mol. The zero-order valence-electron chi connectivity index (χ0n) is 16.1. The van der Waals surface area contributed by atoms with Crippen molar-refractivity contribution < 1.29 is 19.1 Å². The van der Waals surface area contributed by atoms with E-state index in [4.69, 9.17) is 9.47 Å². The molecule has 2 N–H and O–H groups in total. The van der Waals surface area contributed by atoms with Crippen LogP contribution in [0.2, 0.25) is 0 Å². The molecule has 1 aromatic carbocycles. The fourth-order valence-corrected chi connectivity index (χ4v) is 3.63. The molecule has 1 aliphatic heterocycles. The van der Waals surface area contributed by atoms with E-state index in [1.54, 1.807) is 18.2 Å². The lowest BCUT2D eigenvalue weighted by molar-refractivity contribution is -0.118. The summed E-state index contributed by atoms with van der Waals surface area (Å²) < 4.78 is 11.3. The predicted molar refractivity (Wildman–Crippen MR) is 110 cm³/mol. The molecule has 3 rings (SSSR count). The van der Waals surface area contributed by atoms with Gasteiger partial charge < -0.3 is 20.1 Å². The van der Waals surface area contributed by atoms with Gasteiger partial charge in [0, 0.05) is 18.4 Å². The number of rotatable bonds is 8. The molecule has 2 atom stereocenters. The first-order chi connectivity index (χ1) is 13.5. The van der Waals surface area contributed by atoms with Gasteiger partial charge in [-0.2, -0.15) is 0 Å². The van der Waals surface area contributed by atoms with Crippen LogP contribution >= 0.6 is 11.3 Å². The van der Waals surface area contributed by atoms with Crippen LogP contribution in [-0.2, 0) is 9.53 Å². The quantitative estimate of drug-likeness (QED) is 0.706. The molecule has 6 nitrogen and oxygen atoms in total. The first-order valence-corrected chi connectivity index (χ1v) is 10.4. The maximum absolute atomic E-state index is 12.8. The lowest BCUT2D eigenvalue weighted by atomic mass is 10.0. The number of amides is 2. The average Bonchev–Trinajstić information content (AvgIpc) is 3.38. The molecule has 1 aliphatic rings. The van der Waals surface area contributed by atoms with Crippen molar-refractivity contribution in [1.82, 2.24) is 5.32 Å². The summed E-state index contributed by atoms with van der Waals surface area (Å²) >= 11 is 1.35. The number of thiophene rings is 1. The van der Waals surface area contributed by atoms with E-state index in [2.05, 4.69) is 10.6 Å². The monoisotopic (exact) mass is 402 g/mol. The van der Waals surface area contributed by atoms with Gasteiger partial charge in [0.1, 0.15) is 18.4 Å². The van der Waals surface area contributed by atoms with Gasteiger partial charge in [0.05, 0.1) is 11.0 Å². The molecule has 1 aromatic heterocycles. The summed E-state index contributed by atoms with van der Waals surface area (Å²) in [4.78, 5) is 25.7. The van der Waals surface area contributed by atoms with Gasteiger partial charge in [-0.25, -0.2) is 0 Å². The molecule has 0 saturated carbocycles. The van der Waals surface area contributed by atoms with Crippen molar-refractivity contribution in [2.45, 2.75) is 38.8 Å². The number of nitrogens with one attached hydrogen (secondary N) is 2. The maximum atomic E-state index is 12.8. The Morgan fingerprint density at radius 2 is 2.14 bits per heavy atom. The van der Waals surface area contributed by atoms with Crippen LogP contribution in [0.1, 0.15) is 36.4 Å². The van der Waals surface area contributed by atoms with Crippen LogP contribution in [0.15, 0.2) is 41.8 Å². The molecule has 1 fully saturated rings. The Kier molecular flexibility index (Phi) is 7.06. The van der Waals surface area contributed by atoms with Gasteiger partial charge in [-0.05, 0) is 42.3 Å². The maximum Gasteiger partial charge on any atom is 0.262 e. The summed E-state index contributed by atoms with van der Waals surface area (Å²) in [5.74, 6) is 0.133. The Balaban J connectivity index is 1.59. The Hall–Kier alpha value is -2.38. The highest BCUT2D eigenvalue weighted by atomic mass is 32.1. The second-order valence-electron chi connectivity index (χ2n) is 7.14. The number of benzene rings is 1. The minimum absolute atomic E-state index is 0.0529. The predicted octanol–water partition coefficient (Wildman–Crippen LogP) is 3.70. The Bertz CT molecular complexity index is 785. The van der Waals surface area contributed by atoms with E-state index < -0.39 is 6.04 Å². The number of hydrogen-bond acceptors (Lipinski definition) is 5. The molecule has 2 aromatic rings. The van der Waals surface area contributed by atoms with Gasteiger partial charge >= 0.3 is 0 Å². The second-order valence-corrected chi connectivity index (χ2v) is 8.08. The highest BCUT2D eigenvalue weighted by Crippen LogP contribution is 2.20. The van der Waals surface area contributed by atoms with Crippen LogP contribution in [0.5, 0.6) is 5.75 Å². The molecule has 0 aliphatic carbocycles. The van der Waals surface area contributed by atoms with Crippen molar-refractivity contribution in [1.29, 1.82) is 0 Å². The van der Waals surface area contributed by atoms with Crippen molar-refractivity contribution >= 4 is 28.8 Å². The minimum atomic E-state index is -0.633. The first kappa shape index (κ1) is 20.4. The van der Waals surface area contributed by atoms with Gasteiger partial charge in [0.2, 0.25) is 5.91 Å². The molecule has 150 valence electrons. The van der Waals surface area contributed by atoms with E-state index >= 15 is 0 Å². The van der Waals surface area contributed by atoms with E-state index in [1.165, 1.54) is 11.3 Å². The van der Waals surface area contributed by atoms with Crippen LogP contribution in [0.4, 0.5) is 5.69 Å². The fraction of sp³-hybridized carbons (Fsp3) is 0.429. The minimum Gasteiger partial charge on any atom is -0.491 e. The van der Waals surface area contributed by atoms with Gasteiger partial charge in [-0.1, -0.05) is 26.0 Å². The van der Waals surface area contributed by atoms with Gasteiger partial charge in [-0.3, -0.25) is 9.59 Å². The van der Waals surface area contributed by atoms with E-state index in [-0.39, 0.29) is 23.8 Å². The molecular weight excluding hydrogens is 376 g/mol. The number of ether oxygens (including phenoxy) is 2. The SMILES string of the molecule is CC(C)C(NC(=O)c1cccs1)C(=O)Nc1cccc(OCC2CCCO2)c1. The third kappa shape index (κ3) is 5.56. The van der Waals surface area contributed by atoms with E-state index in [1.807, 2.05) is 37.4 Å². The molecular formula is C21H26N2O4S. The van der Waals surface area contributed by atoms with Crippen LogP contribution in [0, 0.1) is 5.92 Å². The summed E-state index contributed by atoms with van der Waals surface area (Å²) in [6, 6.07) is 10.2. The molecule has 1 saturated heterocycles. The molecule has 0 bridgehead atoms. The van der Waals surface area contributed by atoms with E-state index in [0.717, 1.165) is 19.4 Å². The van der Waals surface area contributed by atoms with Crippen molar-refractivity contribution in [3.05, 3.63) is 46.7 Å². The van der Waals surface area contributed by atoms with Crippen LogP contribution in [0.3, 0.4) is 0 Å². The second kappa shape index (κ2) is 9.71. The number of carbonyl (C=O) groups excluding carboxylic acids is 2. The van der Waals surface area contributed by atoms with Crippen LogP contribution < -0.4 is 15.4 Å². The normalized spacial score (nSPS) is 17.3. The highest BCUT2D eigenvalue weighted by Gasteiger charge is 2.25. The number of carbonyl (C=O) groups is 2. The fourth-order valence-electron chi connectivity index (χ4n) is 3.00. The van der Waals surface area contributed by atoms with Gasteiger partial charge in [0.15, 0.2) is 0 Å². The number of hydrogen-bond donors (Lipinski definition) is 2. The molecule has 28 heavy (non-hydrogen) atoms. The summed E-state index contributed by atoms with van der Waals surface area (Å²) in [5, 5.41) is 7.54. The van der Waals surface area contributed by atoms with E-state index in [0.29, 0.717) is 22.9 Å². The summed E-state index contributed by atoms with van der Waals surface area (Å²) in [6.07, 6.45) is 2.21. The smallest absolute Gasteiger partial charge is 0.262 e. The standard InChI is InChI=1S/C21H26N2O4S/c1-14(2)19(23-20(24)18-9-5-11-28-18)21(25)22-15-6-3-7-16(12-15)27-13-17-8-4-10-26-17/h3,5-7,9,11-12,14,17,19H,4,8,10,13H2,1-2H3,(H,22,25)(H,23,24). The lowest BCUT2D eigenvalue weighted by Gasteiger charge is -2.21. The molecule has 2 heterocycles. The van der Waals surface area contributed by atoms with Crippen molar-refractivity contribution in [3.63, 3.8) is 0 Å².